The maximum Gasteiger partial charge on any atom is 0.245 e. The van der Waals surface area contributed by atoms with E-state index in [0.29, 0.717) is 84.5 Å². The van der Waals surface area contributed by atoms with Crippen LogP contribution in [0.4, 0.5) is 24.8 Å². The van der Waals surface area contributed by atoms with Gasteiger partial charge in [0, 0.05) is 76.9 Å². The Morgan fingerprint density at radius 3 is 2.58 bits per heavy atom. The largest absolute Gasteiger partial charge is 0.378 e. The monoisotopic (exact) mass is 779 g/mol. The van der Waals surface area contributed by atoms with Gasteiger partial charge in [-0.1, -0.05) is 6.07 Å². The number of hydrogen-bond donors (Lipinski definition) is 1. The van der Waals surface area contributed by atoms with E-state index in [1.54, 1.807) is 24.0 Å². The first-order valence-electron chi connectivity index (χ1n) is 18.9. The number of carbonyl (C=O) groups is 2. The summed E-state index contributed by atoms with van der Waals surface area (Å²) in [6.07, 6.45) is 2.04. The summed E-state index contributed by atoms with van der Waals surface area (Å²) in [5.74, 6) is -0.423. The third kappa shape index (κ3) is 6.48. The first-order chi connectivity index (χ1) is 27.4. The van der Waals surface area contributed by atoms with Crippen LogP contribution in [0.5, 0.6) is 0 Å². The lowest BCUT2D eigenvalue weighted by Gasteiger charge is -2.31. The number of fused-ring (bicyclic) bond motifs is 6. The second-order valence-electron chi connectivity index (χ2n) is 15.1. The minimum atomic E-state index is -0.821. The summed E-state index contributed by atoms with van der Waals surface area (Å²) >= 11 is 0. The van der Waals surface area contributed by atoms with E-state index in [-0.39, 0.29) is 41.7 Å². The Kier molecular flexibility index (Phi) is 9.06. The Hall–Kier alpha value is -6.10. The summed E-state index contributed by atoms with van der Waals surface area (Å²) in [6.45, 7) is 5.16. The second-order valence-corrected chi connectivity index (χ2v) is 15.1. The number of rotatable bonds is 4. The molecule has 17 heteroatoms. The number of nitrogens with zero attached hydrogens (tertiary/aromatic N) is 10. The number of methoxy groups -OCH3 is 1. The zero-order valence-electron chi connectivity index (χ0n) is 31.8. The highest BCUT2D eigenvalue weighted by Gasteiger charge is 2.42. The van der Waals surface area contributed by atoms with Crippen LogP contribution in [0, 0.1) is 24.4 Å². The van der Waals surface area contributed by atoms with E-state index in [2.05, 4.69) is 15.4 Å². The summed E-state index contributed by atoms with van der Waals surface area (Å²) in [5, 5.41) is 8.51. The van der Waals surface area contributed by atoms with Gasteiger partial charge in [-0.2, -0.15) is 5.10 Å². The molecule has 2 amide bonds. The number of halogens is 3. The Morgan fingerprint density at radius 2 is 1.81 bits per heavy atom. The van der Waals surface area contributed by atoms with E-state index in [1.165, 1.54) is 36.0 Å². The summed E-state index contributed by atoms with van der Waals surface area (Å²) in [7, 11) is 3.33. The molecule has 4 atom stereocenters. The van der Waals surface area contributed by atoms with E-state index in [1.807, 2.05) is 34.6 Å². The maximum atomic E-state index is 15.3. The van der Waals surface area contributed by atoms with Crippen LogP contribution in [0.2, 0.25) is 0 Å². The van der Waals surface area contributed by atoms with Gasteiger partial charge in [-0.3, -0.25) is 9.59 Å². The predicted octanol–water partition coefficient (Wildman–Crippen LogP) is 4.84. The highest BCUT2D eigenvalue weighted by molar-refractivity contribution is 5.94. The number of amides is 2. The van der Waals surface area contributed by atoms with Crippen LogP contribution in [-0.4, -0.2) is 114 Å². The molecule has 57 heavy (non-hydrogen) atoms. The molecule has 3 aliphatic rings. The van der Waals surface area contributed by atoms with Crippen molar-refractivity contribution in [3.05, 3.63) is 83.8 Å². The van der Waals surface area contributed by atoms with Crippen molar-refractivity contribution in [3.63, 3.8) is 0 Å². The van der Waals surface area contributed by atoms with E-state index in [4.69, 9.17) is 19.7 Å². The van der Waals surface area contributed by atoms with Crippen molar-refractivity contribution in [1.82, 2.24) is 44.1 Å². The number of aromatic nitrogens is 7. The number of nitrogens with one attached hydrogen (secondary N) is 1. The topological polar surface area (TPSA) is 139 Å². The zero-order chi connectivity index (χ0) is 39.7. The highest BCUT2D eigenvalue weighted by atomic mass is 19.1. The summed E-state index contributed by atoms with van der Waals surface area (Å²) in [4.78, 5) is 52.0. The molecule has 4 aromatic heterocycles. The van der Waals surface area contributed by atoms with Crippen LogP contribution in [0.1, 0.15) is 37.3 Å². The number of carbonyl (C=O) groups excluding carboxylic acids is 2. The zero-order valence-corrected chi connectivity index (χ0v) is 31.8. The summed E-state index contributed by atoms with van der Waals surface area (Å²) in [6, 6.07) is 10.6. The SMILES string of the molecule is CO[C@H]1CN(C)C(=O)[C@@H]2C[C@@H](CN2c2nc(C3CCN(C(C)=O)C3)nc3c2cnn3-c2ccc(F)cc2F)Nc2cccc(n2)-c2cc(F)cc3nc(C)n(c23)C1. The third-order valence-corrected chi connectivity index (χ3v) is 11.4. The van der Waals surface area contributed by atoms with Gasteiger partial charge in [-0.25, -0.2) is 37.8 Å². The molecule has 2 fully saturated rings. The number of aryl methyl sites for hydroxylation is 1. The predicted molar refractivity (Wildman–Crippen MR) is 205 cm³/mol. The molecule has 3 aliphatic heterocycles. The molecule has 7 heterocycles. The normalized spacial score (nSPS) is 21.3. The van der Waals surface area contributed by atoms with Gasteiger partial charge in [-0.05, 0) is 50.1 Å². The van der Waals surface area contributed by atoms with Gasteiger partial charge >= 0.3 is 0 Å². The molecule has 2 aromatic carbocycles. The van der Waals surface area contributed by atoms with Crippen molar-refractivity contribution in [3.8, 4) is 16.9 Å². The molecule has 14 nitrogen and oxygen atoms in total. The van der Waals surface area contributed by atoms with Crippen molar-refractivity contribution < 1.29 is 27.5 Å². The van der Waals surface area contributed by atoms with Crippen LogP contribution in [0.25, 0.3) is 39.0 Å². The standard InChI is InChI=1S/C40H40F3N11O3/c1-21-45-32-14-25(42)12-28-31-6-5-7-35(47-31)46-26-15-34(40(56)50(3)19-27(57-4)20-52(21)36(28)32)53(18-26)38-29-16-44-54(33-9-8-24(41)13-30(33)43)39(29)49-37(48-38)23-10-11-51(17-23)22(2)55/h5-9,12-14,16,23,26-27,34H,10-11,15,17-20H2,1-4H3,(H,46,47)/t23?,26-,27-,34-/m0/s1. The Balaban J connectivity index is 1.17. The molecule has 0 radical (unpaired) electrons. The first-order valence-corrected chi connectivity index (χ1v) is 18.9. The van der Waals surface area contributed by atoms with Crippen molar-refractivity contribution in [2.75, 3.05) is 50.6 Å². The van der Waals surface area contributed by atoms with Gasteiger partial charge in [0.05, 0.1) is 41.0 Å². The molecule has 0 spiro atoms. The Bertz CT molecular complexity index is 2580. The van der Waals surface area contributed by atoms with Crippen LogP contribution >= 0.6 is 0 Å². The molecule has 2 saturated heterocycles. The fourth-order valence-electron chi connectivity index (χ4n) is 8.51. The second kappa shape index (κ2) is 14.1. The molecule has 294 valence electrons. The molecule has 6 aromatic rings. The van der Waals surface area contributed by atoms with E-state index in [9.17, 15) is 14.0 Å². The molecule has 0 saturated carbocycles. The number of ether oxygens (including phenoxy) is 1. The van der Waals surface area contributed by atoms with Gasteiger partial charge in [0.25, 0.3) is 0 Å². The van der Waals surface area contributed by atoms with Crippen LogP contribution in [0.15, 0.2) is 54.7 Å². The molecule has 1 unspecified atom stereocenters. The molecular weight excluding hydrogens is 740 g/mol. The van der Waals surface area contributed by atoms with Crippen molar-refractivity contribution in [2.24, 2.45) is 0 Å². The van der Waals surface area contributed by atoms with Crippen LogP contribution < -0.4 is 10.2 Å². The average molecular weight is 780 g/mol. The molecular formula is C40H40F3N11O3. The highest BCUT2D eigenvalue weighted by Crippen LogP contribution is 2.37. The Morgan fingerprint density at radius 1 is 0.965 bits per heavy atom. The maximum absolute atomic E-state index is 15.3. The average Bonchev–Trinajstić information content (AvgIpc) is 3.99. The molecule has 1 N–H and O–H groups in total. The lowest BCUT2D eigenvalue weighted by molar-refractivity contribution is -0.132. The number of likely N-dealkylation sites (N-methyl/N-ethyl adjacent to an activating group) is 1. The summed E-state index contributed by atoms with van der Waals surface area (Å²) in [5.41, 5.74) is 2.62. The fraction of sp³-hybridized carbons (Fsp3) is 0.375. The van der Waals surface area contributed by atoms with Gasteiger partial charge in [0.2, 0.25) is 11.8 Å². The lowest BCUT2D eigenvalue weighted by Crippen LogP contribution is -2.47. The van der Waals surface area contributed by atoms with Crippen molar-refractivity contribution >= 4 is 45.5 Å². The number of imidazole rings is 1. The number of anilines is 2. The number of pyridine rings is 1. The van der Waals surface area contributed by atoms with Gasteiger partial charge in [-0.15, -0.1) is 0 Å². The third-order valence-electron chi connectivity index (χ3n) is 11.4. The van der Waals surface area contributed by atoms with Crippen molar-refractivity contribution in [2.45, 2.75) is 57.3 Å². The van der Waals surface area contributed by atoms with Crippen molar-refractivity contribution in [1.29, 1.82) is 0 Å². The number of benzene rings is 2. The minimum absolute atomic E-state index is 0.00280. The lowest BCUT2D eigenvalue weighted by atomic mass is 10.1. The first kappa shape index (κ1) is 36.5. The number of likely N-dealkylation sites (tertiary alicyclic amines) is 1. The molecule has 4 bridgehead atoms. The van der Waals surface area contributed by atoms with E-state index >= 15 is 8.78 Å². The molecule has 0 aliphatic carbocycles. The number of hydrogen-bond acceptors (Lipinski definition) is 10. The summed E-state index contributed by atoms with van der Waals surface area (Å²) < 4.78 is 53.7. The minimum Gasteiger partial charge on any atom is -0.378 e. The quantitative estimate of drug-likeness (QED) is 0.265. The Labute approximate surface area is 325 Å². The van der Waals surface area contributed by atoms with Gasteiger partial charge < -0.3 is 29.3 Å². The van der Waals surface area contributed by atoms with E-state index < -0.39 is 29.6 Å². The van der Waals surface area contributed by atoms with E-state index in [0.717, 1.165) is 17.6 Å². The van der Waals surface area contributed by atoms with Gasteiger partial charge in [0.1, 0.15) is 46.6 Å². The van der Waals surface area contributed by atoms with Crippen LogP contribution in [-0.2, 0) is 20.9 Å². The fourth-order valence-corrected chi connectivity index (χ4v) is 8.51. The molecule has 9 rings (SSSR count). The van der Waals surface area contributed by atoms with Gasteiger partial charge in [0.15, 0.2) is 11.5 Å². The smallest absolute Gasteiger partial charge is 0.245 e. The van der Waals surface area contributed by atoms with Crippen LogP contribution in [0.3, 0.4) is 0 Å².